The van der Waals surface area contributed by atoms with Crippen LogP contribution in [-0.2, 0) is 20.0 Å². The molecule has 23 heavy (non-hydrogen) atoms. The number of H-pyrrole nitrogens is 1. The van der Waals surface area contributed by atoms with Crippen LogP contribution in [0.1, 0.15) is 28.8 Å². The Bertz CT molecular complexity index is 926. The van der Waals surface area contributed by atoms with Gasteiger partial charge in [0.2, 0.25) is 0 Å². The van der Waals surface area contributed by atoms with Crippen molar-refractivity contribution in [3.63, 3.8) is 0 Å². The number of aromatic amines is 1. The summed E-state index contributed by atoms with van der Waals surface area (Å²) in [6.07, 6.45) is 4.08. The minimum Gasteiger partial charge on any atom is -0.345 e. The number of hydrogen-bond acceptors (Lipinski definition) is 4. The average molecular weight is 311 g/mol. The van der Waals surface area contributed by atoms with Gasteiger partial charge >= 0.3 is 0 Å². The van der Waals surface area contributed by atoms with Gasteiger partial charge in [-0.15, -0.1) is 0 Å². The van der Waals surface area contributed by atoms with E-state index in [1.165, 1.54) is 10.9 Å². The molecule has 0 bridgehead atoms. The van der Waals surface area contributed by atoms with E-state index >= 15 is 0 Å². The molecule has 2 N–H and O–H groups in total. The Morgan fingerprint density at radius 3 is 2.91 bits per heavy atom. The highest BCUT2D eigenvalue weighted by Crippen LogP contribution is 2.10. The maximum absolute atomic E-state index is 12.3. The molecule has 0 aliphatic rings. The van der Waals surface area contributed by atoms with Crippen LogP contribution in [-0.4, -0.2) is 25.4 Å². The highest BCUT2D eigenvalue weighted by atomic mass is 16.1. The minimum absolute atomic E-state index is 0.178. The van der Waals surface area contributed by atoms with Gasteiger partial charge in [0.15, 0.2) is 0 Å². The first kappa shape index (κ1) is 15.0. The van der Waals surface area contributed by atoms with Crippen molar-refractivity contribution in [2.75, 3.05) is 0 Å². The smallest absolute Gasteiger partial charge is 0.260 e. The third-order valence-corrected chi connectivity index (χ3v) is 3.66. The maximum Gasteiger partial charge on any atom is 0.260 e. The first-order valence-corrected chi connectivity index (χ1v) is 7.35. The Balaban J connectivity index is 1.80. The van der Waals surface area contributed by atoms with E-state index in [4.69, 9.17) is 0 Å². The van der Waals surface area contributed by atoms with E-state index in [2.05, 4.69) is 20.3 Å². The van der Waals surface area contributed by atoms with E-state index in [0.29, 0.717) is 28.8 Å². The lowest BCUT2D eigenvalue weighted by molar-refractivity contribution is 0.0950. The fourth-order valence-electron chi connectivity index (χ4n) is 2.29. The SMILES string of the molecule is CCc1cnc(CNC(=O)c2ccc3ncn(C)c(=O)c3c2)[nH]1. The summed E-state index contributed by atoms with van der Waals surface area (Å²) in [6, 6.07) is 4.90. The van der Waals surface area contributed by atoms with Crippen molar-refractivity contribution in [1.82, 2.24) is 24.8 Å². The van der Waals surface area contributed by atoms with Crippen molar-refractivity contribution in [3.8, 4) is 0 Å². The van der Waals surface area contributed by atoms with Crippen LogP contribution in [0.3, 0.4) is 0 Å². The number of carbonyl (C=O) groups excluding carboxylic acids is 1. The van der Waals surface area contributed by atoms with Gasteiger partial charge in [-0.3, -0.25) is 9.59 Å². The van der Waals surface area contributed by atoms with E-state index in [1.54, 1.807) is 31.4 Å². The number of aryl methyl sites for hydroxylation is 2. The van der Waals surface area contributed by atoms with Gasteiger partial charge in [-0.05, 0) is 24.6 Å². The average Bonchev–Trinajstić information content (AvgIpc) is 3.04. The summed E-state index contributed by atoms with van der Waals surface area (Å²) >= 11 is 0. The third kappa shape index (κ3) is 2.98. The minimum atomic E-state index is -0.257. The van der Waals surface area contributed by atoms with Crippen molar-refractivity contribution in [2.24, 2.45) is 7.05 Å². The molecule has 0 aliphatic carbocycles. The highest BCUT2D eigenvalue weighted by molar-refractivity contribution is 5.97. The molecule has 0 saturated carbocycles. The van der Waals surface area contributed by atoms with Crippen LogP contribution in [0.25, 0.3) is 10.9 Å². The van der Waals surface area contributed by atoms with Crippen LogP contribution in [0.4, 0.5) is 0 Å². The number of benzene rings is 1. The number of carbonyl (C=O) groups is 1. The predicted molar refractivity (Wildman–Crippen MR) is 86.1 cm³/mol. The molecular formula is C16H17N5O2. The van der Waals surface area contributed by atoms with E-state index < -0.39 is 0 Å². The molecule has 1 amide bonds. The van der Waals surface area contributed by atoms with Crippen LogP contribution >= 0.6 is 0 Å². The maximum atomic E-state index is 12.3. The number of rotatable bonds is 4. The molecule has 1 aromatic carbocycles. The summed E-state index contributed by atoms with van der Waals surface area (Å²) < 4.78 is 1.39. The summed E-state index contributed by atoms with van der Waals surface area (Å²) in [4.78, 5) is 35.8. The van der Waals surface area contributed by atoms with Gasteiger partial charge in [0.05, 0.1) is 23.8 Å². The van der Waals surface area contributed by atoms with Gasteiger partial charge in [-0.25, -0.2) is 9.97 Å². The highest BCUT2D eigenvalue weighted by Gasteiger charge is 2.10. The zero-order chi connectivity index (χ0) is 16.4. The topological polar surface area (TPSA) is 92.7 Å². The zero-order valence-electron chi connectivity index (χ0n) is 13.0. The Kier molecular flexibility index (Phi) is 3.92. The number of amides is 1. The summed E-state index contributed by atoms with van der Waals surface area (Å²) in [5.41, 5.74) is 1.84. The summed E-state index contributed by atoms with van der Waals surface area (Å²) in [7, 11) is 1.63. The van der Waals surface area contributed by atoms with Crippen molar-refractivity contribution >= 4 is 16.8 Å². The van der Waals surface area contributed by atoms with Crippen LogP contribution in [0.5, 0.6) is 0 Å². The lowest BCUT2D eigenvalue weighted by atomic mass is 10.1. The second kappa shape index (κ2) is 6.04. The molecule has 7 heteroatoms. The van der Waals surface area contributed by atoms with Gasteiger partial charge in [0, 0.05) is 24.5 Å². The normalized spacial score (nSPS) is 10.9. The van der Waals surface area contributed by atoms with Gasteiger partial charge in [0.25, 0.3) is 11.5 Å². The Morgan fingerprint density at radius 1 is 1.35 bits per heavy atom. The summed E-state index contributed by atoms with van der Waals surface area (Å²) in [5.74, 6) is 0.445. The zero-order valence-corrected chi connectivity index (χ0v) is 13.0. The van der Waals surface area contributed by atoms with Crippen LogP contribution in [0.2, 0.25) is 0 Å². The fourth-order valence-corrected chi connectivity index (χ4v) is 2.29. The van der Waals surface area contributed by atoms with E-state index in [9.17, 15) is 9.59 Å². The molecule has 7 nitrogen and oxygen atoms in total. The molecule has 0 saturated heterocycles. The standard InChI is InChI=1S/C16H17N5O2/c1-3-11-7-17-14(20-11)8-18-15(22)10-4-5-13-12(6-10)16(23)21(2)9-19-13/h4-7,9H,3,8H2,1-2H3,(H,17,20)(H,18,22). The number of aromatic nitrogens is 4. The predicted octanol–water partition coefficient (Wildman–Crippen LogP) is 1.15. The quantitative estimate of drug-likeness (QED) is 0.756. The summed E-state index contributed by atoms with van der Waals surface area (Å²) in [6.45, 7) is 2.33. The van der Waals surface area contributed by atoms with E-state index in [1.807, 2.05) is 6.92 Å². The van der Waals surface area contributed by atoms with Crippen molar-refractivity contribution < 1.29 is 4.79 Å². The molecule has 3 aromatic rings. The Labute approximate surface area is 132 Å². The monoisotopic (exact) mass is 311 g/mol. The van der Waals surface area contributed by atoms with Gasteiger partial charge in [-0.2, -0.15) is 0 Å². The Morgan fingerprint density at radius 2 is 2.17 bits per heavy atom. The third-order valence-electron chi connectivity index (χ3n) is 3.66. The number of nitrogens with one attached hydrogen (secondary N) is 2. The van der Waals surface area contributed by atoms with Crippen molar-refractivity contribution in [3.05, 3.63) is 58.2 Å². The molecule has 2 heterocycles. The fraction of sp³-hybridized carbons (Fsp3) is 0.250. The first-order chi connectivity index (χ1) is 11.1. The lowest BCUT2D eigenvalue weighted by Gasteiger charge is -2.05. The van der Waals surface area contributed by atoms with Crippen molar-refractivity contribution in [2.45, 2.75) is 19.9 Å². The second-order valence-corrected chi connectivity index (χ2v) is 5.28. The second-order valence-electron chi connectivity index (χ2n) is 5.28. The molecule has 0 atom stereocenters. The molecular weight excluding hydrogens is 294 g/mol. The van der Waals surface area contributed by atoms with Crippen LogP contribution in [0.15, 0.2) is 35.5 Å². The number of imidazole rings is 1. The molecule has 118 valence electrons. The van der Waals surface area contributed by atoms with Crippen LogP contribution < -0.4 is 10.9 Å². The molecule has 0 radical (unpaired) electrons. The molecule has 3 rings (SSSR count). The molecule has 0 unspecified atom stereocenters. The Hall–Kier alpha value is -2.96. The number of nitrogens with zero attached hydrogens (tertiary/aromatic N) is 3. The van der Waals surface area contributed by atoms with Crippen molar-refractivity contribution in [1.29, 1.82) is 0 Å². The number of fused-ring (bicyclic) bond motifs is 1. The molecule has 0 fully saturated rings. The van der Waals surface area contributed by atoms with Crippen LogP contribution in [0, 0.1) is 0 Å². The number of hydrogen-bond donors (Lipinski definition) is 2. The van der Waals surface area contributed by atoms with Gasteiger partial charge in [-0.1, -0.05) is 6.92 Å². The lowest BCUT2D eigenvalue weighted by Crippen LogP contribution is -2.24. The first-order valence-electron chi connectivity index (χ1n) is 7.35. The molecule has 2 aromatic heterocycles. The molecule has 0 spiro atoms. The van der Waals surface area contributed by atoms with E-state index in [-0.39, 0.29) is 11.5 Å². The van der Waals surface area contributed by atoms with E-state index in [0.717, 1.165) is 12.1 Å². The van der Waals surface area contributed by atoms with Gasteiger partial charge in [0.1, 0.15) is 5.82 Å². The van der Waals surface area contributed by atoms with Gasteiger partial charge < -0.3 is 14.9 Å². The summed E-state index contributed by atoms with van der Waals surface area (Å²) in [5, 5.41) is 3.21. The largest absolute Gasteiger partial charge is 0.345 e. The molecule has 0 aliphatic heterocycles.